The lowest BCUT2D eigenvalue weighted by atomic mass is 10.2. The number of ether oxygens (including phenoxy) is 2. The Bertz CT molecular complexity index is 4820. The number of fused-ring (bicyclic) bond motifs is 3. The SMILES string of the molecule is CCCn1c(=O)c2c(nc(Br)n2Cc2ccc(Cl)cc2)n(C)c1=O.CCCn1c(=O)c2c(nc(OCc3ncc(C)o3)n2Cc2ccc(Cl)cc2)n(C)c1=O.Cc1cnc(CO)o1.Cc1cnc(COc2nc3c(c(=O)n(CCO)c(=O)n3C)n2Cc2ccc(Cl)cc2)o1. The van der Waals surface area contributed by atoms with Crippen molar-refractivity contribution in [2.45, 2.75) is 107 Å². The Hall–Kier alpha value is -9.39. The molecule has 0 fully saturated rings. The summed E-state index contributed by atoms with van der Waals surface area (Å²) in [5.41, 5.74) is 1.82. The van der Waals surface area contributed by atoms with Gasteiger partial charge in [-0.25, -0.2) is 34.3 Å². The summed E-state index contributed by atoms with van der Waals surface area (Å²) < 4.78 is 40.5. The summed E-state index contributed by atoms with van der Waals surface area (Å²) in [4.78, 5) is 102. The first-order valence-electron chi connectivity index (χ1n) is 29.2. The number of halogens is 4. The number of hydrogen-bond acceptors (Lipinski definition) is 19. The quantitative estimate of drug-likeness (QED) is 0.0736. The number of aromatic nitrogens is 15. The Balaban J connectivity index is 0.000000157. The van der Waals surface area contributed by atoms with Crippen LogP contribution in [-0.2, 0) is 80.2 Å². The van der Waals surface area contributed by atoms with Crippen LogP contribution in [0.2, 0.25) is 15.1 Å². The van der Waals surface area contributed by atoms with Crippen molar-refractivity contribution in [3.8, 4) is 12.0 Å². The van der Waals surface area contributed by atoms with Gasteiger partial charge < -0.3 is 37.5 Å². The van der Waals surface area contributed by atoms with Crippen LogP contribution in [0.25, 0.3) is 33.5 Å². The maximum atomic E-state index is 13.2. The summed E-state index contributed by atoms with van der Waals surface area (Å²) in [6, 6.07) is 22.1. The van der Waals surface area contributed by atoms with Gasteiger partial charge in [-0.05, 0) is 103 Å². The number of oxazole rings is 3. The van der Waals surface area contributed by atoms with Crippen molar-refractivity contribution in [2.24, 2.45) is 21.1 Å². The fraction of sp³-hybridized carbons (Fsp3) is 0.323. The second-order valence-corrected chi connectivity index (χ2v) is 23.3. The molecular formula is C62H65BrCl3N15O13. The van der Waals surface area contributed by atoms with Crippen molar-refractivity contribution in [3.05, 3.63) is 225 Å². The van der Waals surface area contributed by atoms with Gasteiger partial charge in [0.05, 0.1) is 51.4 Å². The number of aliphatic hydroxyl groups is 2. The zero-order valence-corrected chi connectivity index (χ0v) is 56.1. The first-order chi connectivity index (χ1) is 45.0. The first-order valence-corrected chi connectivity index (χ1v) is 31.2. The minimum absolute atomic E-state index is 0.00342. The van der Waals surface area contributed by atoms with E-state index in [2.05, 4.69) is 45.8 Å². The van der Waals surface area contributed by atoms with E-state index in [-0.39, 0.29) is 79.6 Å². The molecule has 12 aromatic rings. The van der Waals surface area contributed by atoms with Gasteiger partial charge in [0.1, 0.15) is 23.9 Å². The van der Waals surface area contributed by atoms with Crippen LogP contribution in [0, 0.1) is 20.8 Å². The van der Waals surface area contributed by atoms with Crippen molar-refractivity contribution in [1.29, 1.82) is 0 Å². The van der Waals surface area contributed by atoms with Crippen LogP contribution >= 0.6 is 50.7 Å². The topological polar surface area (TPSA) is 322 Å². The summed E-state index contributed by atoms with van der Waals surface area (Å²) in [7, 11) is 4.73. The van der Waals surface area contributed by atoms with Crippen molar-refractivity contribution >= 4 is 84.2 Å². The molecule has 3 aromatic carbocycles. The number of imidazole rings is 3. The summed E-state index contributed by atoms with van der Waals surface area (Å²) >= 11 is 21.3. The lowest BCUT2D eigenvalue weighted by molar-refractivity contribution is 0.234. The summed E-state index contributed by atoms with van der Waals surface area (Å²) in [6.07, 6.45) is 6.10. The molecule has 494 valence electrons. The van der Waals surface area contributed by atoms with E-state index in [1.165, 1.54) is 29.9 Å². The number of nitrogens with zero attached hydrogens (tertiary/aromatic N) is 15. The average molecular weight is 1410 g/mol. The summed E-state index contributed by atoms with van der Waals surface area (Å²) in [5, 5.41) is 19.5. The van der Waals surface area contributed by atoms with Gasteiger partial charge in [-0.3, -0.25) is 50.9 Å². The minimum Gasteiger partial charge on any atom is -0.455 e. The van der Waals surface area contributed by atoms with Gasteiger partial charge in [0.15, 0.2) is 51.4 Å². The van der Waals surface area contributed by atoms with Crippen molar-refractivity contribution < 1.29 is 32.9 Å². The molecule has 0 aliphatic heterocycles. The first kappa shape index (κ1) is 69.0. The van der Waals surface area contributed by atoms with E-state index in [9.17, 15) is 33.9 Å². The predicted molar refractivity (Wildman–Crippen MR) is 353 cm³/mol. The van der Waals surface area contributed by atoms with Gasteiger partial charge in [-0.15, -0.1) is 0 Å². The second-order valence-electron chi connectivity index (χ2n) is 21.3. The molecule has 94 heavy (non-hydrogen) atoms. The third-order valence-corrected chi connectivity index (χ3v) is 15.7. The Labute approximate surface area is 556 Å². The third kappa shape index (κ3) is 15.5. The number of aliphatic hydroxyl groups excluding tert-OH is 2. The van der Waals surface area contributed by atoms with Crippen LogP contribution in [0.1, 0.15) is 78.3 Å². The molecular weight excluding hydrogens is 1350 g/mol. The average Bonchev–Trinajstić information content (AvgIpc) is 1.58. The Morgan fingerprint density at radius 2 is 0.777 bits per heavy atom. The molecule has 0 amide bonds. The van der Waals surface area contributed by atoms with E-state index < -0.39 is 22.5 Å². The normalized spacial score (nSPS) is 11.2. The molecule has 9 aromatic heterocycles. The van der Waals surface area contributed by atoms with Crippen molar-refractivity contribution in [2.75, 3.05) is 6.61 Å². The van der Waals surface area contributed by atoms with Crippen LogP contribution in [0.15, 0.2) is 138 Å². The second kappa shape index (κ2) is 30.6. The number of hydrogen-bond donors (Lipinski definition) is 2. The highest BCUT2D eigenvalue weighted by molar-refractivity contribution is 9.10. The molecule has 0 saturated carbocycles. The molecule has 32 heteroatoms. The molecule has 0 spiro atoms. The van der Waals surface area contributed by atoms with Crippen molar-refractivity contribution in [3.63, 3.8) is 0 Å². The molecule has 0 radical (unpaired) electrons. The highest BCUT2D eigenvalue weighted by atomic mass is 79.9. The monoisotopic (exact) mass is 1410 g/mol. The lowest BCUT2D eigenvalue weighted by Crippen LogP contribution is -2.40. The highest BCUT2D eigenvalue weighted by Crippen LogP contribution is 2.25. The summed E-state index contributed by atoms with van der Waals surface area (Å²) in [6.45, 7) is 10.3. The van der Waals surface area contributed by atoms with Gasteiger partial charge in [0.25, 0.3) is 28.7 Å². The van der Waals surface area contributed by atoms with Crippen LogP contribution in [0.4, 0.5) is 0 Å². The maximum Gasteiger partial charge on any atom is 0.332 e. The molecule has 0 aliphatic carbocycles. The van der Waals surface area contributed by atoms with Crippen LogP contribution in [0.5, 0.6) is 12.0 Å². The van der Waals surface area contributed by atoms with E-state index in [4.69, 9.17) is 62.6 Å². The molecule has 9 heterocycles. The fourth-order valence-electron chi connectivity index (χ4n) is 9.83. The van der Waals surface area contributed by atoms with Gasteiger partial charge >= 0.3 is 17.1 Å². The molecule has 2 N–H and O–H groups in total. The number of aryl methyl sites for hydroxylation is 6. The molecule has 0 atom stereocenters. The number of benzene rings is 3. The zero-order chi connectivity index (χ0) is 67.7. The van der Waals surface area contributed by atoms with E-state index in [1.54, 1.807) is 104 Å². The van der Waals surface area contributed by atoms with Crippen LogP contribution in [-0.4, -0.2) is 87.8 Å². The van der Waals surface area contributed by atoms with Gasteiger partial charge in [-0.2, -0.15) is 9.97 Å². The van der Waals surface area contributed by atoms with Crippen LogP contribution < -0.4 is 43.2 Å². The highest BCUT2D eigenvalue weighted by Gasteiger charge is 2.25. The van der Waals surface area contributed by atoms with Crippen molar-refractivity contribution in [1.82, 2.24) is 71.0 Å². The maximum absolute atomic E-state index is 13.2. The third-order valence-electron chi connectivity index (χ3n) is 14.4. The largest absolute Gasteiger partial charge is 0.455 e. The Morgan fingerprint density at radius 1 is 0.457 bits per heavy atom. The van der Waals surface area contributed by atoms with Gasteiger partial charge in [0, 0.05) is 49.3 Å². The summed E-state index contributed by atoms with van der Waals surface area (Å²) in [5.74, 6) is 3.16. The smallest absolute Gasteiger partial charge is 0.332 e. The Morgan fingerprint density at radius 3 is 1.09 bits per heavy atom. The molecule has 12 rings (SSSR count). The fourth-order valence-corrected chi connectivity index (χ4v) is 10.7. The zero-order valence-electron chi connectivity index (χ0n) is 52.3. The Kier molecular flexibility index (Phi) is 22.4. The van der Waals surface area contributed by atoms with E-state index in [0.717, 1.165) is 27.0 Å². The lowest BCUT2D eigenvalue weighted by Gasteiger charge is -2.11. The number of rotatable bonds is 19. The van der Waals surface area contributed by atoms with Gasteiger partial charge in [-0.1, -0.05) is 85.0 Å². The predicted octanol–water partition coefficient (Wildman–Crippen LogP) is 7.60. The molecule has 28 nitrogen and oxygen atoms in total. The molecule has 0 bridgehead atoms. The van der Waals surface area contributed by atoms with E-state index >= 15 is 0 Å². The van der Waals surface area contributed by atoms with E-state index in [0.29, 0.717) is 105 Å². The van der Waals surface area contributed by atoms with Gasteiger partial charge in [0.2, 0.25) is 17.7 Å². The van der Waals surface area contributed by atoms with E-state index in [1.807, 2.05) is 50.2 Å². The minimum atomic E-state index is -0.572. The molecule has 0 saturated heterocycles. The molecule has 0 aliphatic rings. The van der Waals surface area contributed by atoms with Crippen LogP contribution in [0.3, 0.4) is 0 Å². The standard InChI is InChI=1S/C21H22ClN5O4.C20H20ClN5O5.C16H16BrClN4O2.C5H7NO2/c1-4-9-26-19(28)17-18(25(3)21(26)29)24-20(30-12-16-23-10-13(2)31-16)27(17)11-14-5-7-15(22)8-6-14;1-12-9-22-15(31-12)11-30-19-23-17-16(18(28)25(7-8-27)20(29)24(17)2)26(19)10-13-3-5-14(21)6-4-13;1-3-8-21-14(23)12-13(20(2)16(21)24)19-15(17)22(12)9-10-4-6-11(18)7-5-10;1-4-2-6-5(3-7)8-4/h5-8,10H,4,9,11-12H2,1-3H3;3-6,9,27H,7-8,10-11H2,1-2H3;4-7H,3,8-9H2,1-2H3;2,7H,3H2,1H3. The molecule has 0 unspecified atom stereocenters.